The smallest absolute Gasteiger partial charge is 0.422 e. The maximum atomic E-state index is 12.7. The highest BCUT2D eigenvalue weighted by atomic mass is 19.4. The van der Waals surface area contributed by atoms with Crippen molar-refractivity contribution in [1.29, 1.82) is 10.5 Å². The van der Waals surface area contributed by atoms with Gasteiger partial charge in [-0.3, -0.25) is 9.69 Å². The van der Waals surface area contributed by atoms with Gasteiger partial charge < -0.3 is 10.1 Å². The first kappa shape index (κ1) is 25.7. The van der Waals surface area contributed by atoms with Crippen LogP contribution in [-0.2, 0) is 0 Å². The van der Waals surface area contributed by atoms with Gasteiger partial charge in [0.25, 0.3) is 5.91 Å². The number of aromatic nitrogens is 1. The number of nitriles is 2. The van der Waals surface area contributed by atoms with Gasteiger partial charge in [-0.25, -0.2) is 4.98 Å². The molecule has 3 aromatic rings. The number of benzene rings is 2. The largest absolute Gasteiger partial charge is 0.468 e. The molecule has 37 heavy (non-hydrogen) atoms. The molecule has 0 saturated carbocycles. The zero-order chi connectivity index (χ0) is 26.4. The Morgan fingerprint density at radius 2 is 1.65 bits per heavy atom. The maximum Gasteiger partial charge on any atom is 0.422 e. The third-order valence-electron chi connectivity index (χ3n) is 6.01. The van der Waals surface area contributed by atoms with Gasteiger partial charge in [0.1, 0.15) is 0 Å². The van der Waals surface area contributed by atoms with Crippen molar-refractivity contribution >= 4 is 5.91 Å². The van der Waals surface area contributed by atoms with Crippen LogP contribution in [0.4, 0.5) is 13.2 Å². The third kappa shape index (κ3) is 6.63. The van der Waals surface area contributed by atoms with Gasteiger partial charge in [0, 0.05) is 37.0 Å². The highest BCUT2D eigenvalue weighted by Crippen LogP contribution is 2.32. The van der Waals surface area contributed by atoms with Gasteiger partial charge >= 0.3 is 6.18 Å². The molecule has 1 N–H and O–H groups in total. The lowest BCUT2D eigenvalue weighted by Crippen LogP contribution is -2.38. The van der Waals surface area contributed by atoms with E-state index in [9.17, 15) is 18.0 Å². The Morgan fingerprint density at radius 3 is 2.22 bits per heavy atom. The topological polar surface area (TPSA) is 102 Å². The predicted octanol–water partition coefficient (Wildman–Crippen LogP) is 4.36. The van der Waals surface area contributed by atoms with Crippen LogP contribution in [0.3, 0.4) is 0 Å². The first-order valence-corrected chi connectivity index (χ1v) is 11.5. The molecule has 0 spiro atoms. The molecule has 10 heteroatoms. The van der Waals surface area contributed by atoms with Gasteiger partial charge in [-0.15, -0.1) is 0 Å². The van der Waals surface area contributed by atoms with Crippen LogP contribution in [0.2, 0.25) is 0 Å². The van der Waals surface area contributed by atoms with Crippen molar-refractivity contribution in [3.8, 4) is 18.0 Å². The highest BCUT2D eigenvalue weighted by molar-refractivity contribution is 5.94. The minimum absolute atomic E-state index is 0.131. The first-order valence-electron chi connectivity index (χ1n) is 11.5. The number of rotatable bonds is 7. The summed E-state index contributed by atoms with van der Waals surface area (Å²) < 4.78 is 42.2. The number of likely N-dealkylation sites (tertiary alicyclic amines) is 1. The van der Waals surface area contributed by atoms with E-state index in [1.54, 1.807) is 42.5 Å². The van der Waals surface area contributed by atoms with Crippen LogP contribution in [0, 0.1) is 22.7 Å². The number of halogens is 3. The van der Waals surface area contributed by atoms with Crippen LogP contribution in [0.15, 0.2) is 66.9 Å². The molecule has 7 nitrogen and oxygen atoms in total. The normalized spacial score (nSPS) is 16.4. The number of pyridine rings is 1. The second-order valence-electron chi connectivity index (χ2n) is 8.61. The van der Waals surface area contributed by atoms with Gasteiger partial charge in [0.2, 0.25) is 5.88 Å². The van der Waals surface area contributed by atoms with Crippen molar-refractivity contribution in [3.63, 3.8) is 0 Å². The Hall–Kier alpha value is -4.41. The van der Waals surface area contributed by atoms with E-state index < -0.39 is 12.8 Å². The average molecular weight is 506 g/mol. The number of ether oxygens (including phenoxy) is 1. The number of nitrogens with one attached hydrogen (secondary N) is 1. The first-order chi connectivity index (χ1) is 17.8. The molecule has 1 unspecified atom stereocenters. The summed E-state index contributed by atoms with van der Waals surface area (Å²) in [6, 6.07) is 20.2. The van der Waals surface area contributed by atoms with Crippen LogP contribution >= 0.6 is 0 Å². The van der Waals surface area contributed by atoms with Crippen molar-refractivity contribution < 1.29 is 22.7 Å². The van der Waals surface area contributed by atoms with Gasteiger partial charge in [0.15, 0.2) is 6.61 Å². The molecule has 0 bridgehead atoms. The van der Waals surface area contributed by atoms with Crippen LogP contribution < -0.4 is 10.1 Å². The Bertz CT molecular complexity index is 1310. The number of amides is 1. The van der Waals surface area contributed by atoms with E-state index in [1.165, 1.54) is 12.3 Å². The Balaban J connectivity index is 1.51. The summed E-state index contributed by atoms with van der Waals surface area (Å²) in [6.45, 7) is -0.251. The van der Waals surface area contributed by atoms with Gasteiger partial charge in [-0.2, -0.15) is 23.7 Å². The summed E-state index contributed by atoms with van der Waals surface area (Å²) >= 11 is 0. The summed E-state index contributed by atoms with van der Waals surface area (Å²) in [5, 5.41) is 21.1. The minimum Gasteiger partial charge on any atom is -0.468 e. The summed E-state index contributed by atoms with van der Waals surface area (Å²) in [5.41, 5.74) is 3.05. The number of carbonyl (C=O) groups is 1. The predicted molar refractivity (Wildman–Crippen MR) is 127 cm³/mol. The number of hydrogen-bond donors (Lipinski definition) is 1. The zero-order valence-corrected chi connectivity index (χ0v) is 19.6. The lowest BCUT2D eigenvalue weighted by Gasteiger charge is -2.29. The molecular weight excluding hydrogens is 483 g/mol. The fourth-order valence-corrected chi connectivity index (χ4v) is 4.25. The summed E-state index contributed by atoms with van der Waals surface area (Å²) in [7, 11) is 0. The van der Waals surface area contributed by atoms with E-state index >= 15 is 0 Å². The standard InChI is InChI=1S/C27H22F3N5O2/c28-27(29,30)17-37-24-10-9-22(15-33-24)25(20-5-1-18(13-31)2-6-20)35-12-11-23(16-35)34-26(36)21-7-3-19(14-32)4-8-21/h1-10,15,23,25H,11-12,16-17H2,(H,34,36)/t23-,25?/m1/s1. The summed E-state index contributed by atoms with van der Waals surface area (Å²) in [5.74, 6) is -0.368. The van der Waals surface area contributed by atoms with Crippen LogP contribution in [0.1, 0.15) is 45.1 Å². The molecule has 2 aromatic carbocycles. The average Bonchev–Trinajstić information content (AvgIpc) is 3.36. The van der Waals surface area contributed by atoms with E-state index in [4.69, 9.17) is 15.3 Å². The maximum absolute atomic E-state index is 12.7. The summed E-state index contributed by atoms with van der Waals surface area (Å²) in [6.07, 6.45) is -2.29. The van der Waals surface area contributed by atoms with Crippen molar-refractivity contribution in [2.24, 2.45) is 0 Å². The van der Waals surface area contributed by atoms with Crippen LogP contribution in [0.5, 0.6) is 5.88 Å². The van der Waals surface area contributed by atoms with E-state index in [0.717, 1.165) is 11.1 Å². The molecule has 1 fully saturated rings. The Morgan fingerprint density at radius 1 is 1.03 bits per heavy atom. The second-order valence-corrected chi connectivity index (χ2v) is 8.61. The van der Waals surface area contributed by atoms with Crippen LogP contribution in [0.25, 0.3) is 0 Å². The van der Waals surface area contributed by atoms with Crippen LogP contribution in [-0.4, -0.2) is 47.7 Å². The SMILES string of the molecule is N#Cc1ccc(C(=O)N[C@@H]2CCN(C(c3ccc(C#N)cc3)c3ccc(OCC(F)(F)F)nc3)C2)cc1. The van der Waals surface area contributed by atoms with Gasteiger partial charge in [0.05, 0.1) is 29.3 Å². The molecule has 1 aliphatic rings. The minimum atomic E-state index is -4.46. The number of hydrogen-bond acceptors (Lipinski definition) is 6. The molecule has 1 amide bonds. The fraction of sp³-hybridized carbons (Fsp3) is 0.259. The summed E-state index contributed by atoms with van der Waals surface area (Å²) in [4.78, 5) is 18.9. The number of carbonyl (C=O) groups excluding carboxylic acids is 1. The number of nitrogens with zero attached hydrogens (tertiary/aromatic N) is 4. The Kier molecular flexibility index (Phi) is 7.71. The van der Waals surface area contributed by atoms with E-state index in [1.807, 2.05) is 18.2 Å². The monoisotopic (exact) mass is 505 g/mol. The van der Waals surface area contributed by atoms with Crippen molar-refractivity contribution in [3.05, 3.63) is 94.7 Å². The number of alkyl halides is 3. The quantitative estimate of drug-likeness (QED) is 0.512. The molecule has 188 valence electrons. The lowest BCUT2D eigenvalue weighted by molar-refractivity contribution is -0.154. The highest BCUT2D eigenvalue weighted by Gasteiger charge is 2.32. The fourth-order valence-electron chi connectivity index (χ4n) is 4.25. The van der Waals surface area contributed by atoms with Crippen molar-refractivity contribution in [2.45, 2.75) is 24.7 Å². The molecule has 1 aliphatic heterocycles. The van der Waals surface area contributed by atoms with Gasteiger partial charge in [-0.05, 0) is 53.9 Å². The molecule has 2 atom stereocenters. The molecule has 4 rings (SSSR count). The Labute approximate surface area is 211 Å². The molecule has 0 aliphatic carbocycles. The van der Waals surface area contributed by atoms with E-state index in [-0.39, 0.29) is 23.9 Å². The lowest BCUT2D eigenvalue weighted by atomic mass is 9.97. The molecule has 2 heterocycles. The van der Waals surface area contributed by atoms with E-state index in [0.29, 0.717) is 36.2 Å². The second kappa shape index (κ2) is 11.1. The van der Waals surface area contributed by atoms with Crippen molar-refractivity contribution in [1.82, 2.24) is 15.2 Å². The van der Waals surface area contributed by atoms with E-state index in [2.05, 4.69) is 21.3 Å². The van der Waals surface area contributed by atoms with Crippen molar-refractivity contribution in [2.75, 3.05) is 19.7 Å². The molecule has 1 saturated heterocycles. The third-order valence-corrected chi connectivity index (χ3v) is 6.01. The molecular formula is C27H22F3N5O2. The molecule has 1 aromatic heterocycles. The van der Waals surface area contributed by atoms with Gasteiger partial charge in [-0.1, -0.05) is 18.2 Å². The molecule has 0 radical (unpaired) electrons. The zero-order valence-electron chi connectivity index (χ0n) is 19.6.